The number of pyridine rings is 1. The van der Waals surface area contributed by atoms with Gasteiger partial charge in [0.1, 0.15) is 0 Å². The fourth-order valence-electron chi connectivity index (χ4n) is 2.55. The van der Waals surface area contributed by atoms with Crippen molar-refractivity contribution in [1.82, 2.24) is 15.2 Å². The molecule has 1 fully saturated rings. The van der Waals surface area contributed by atoms with E-state index in [9.17, 15) is 4.79 Å². The number of rotatable bonds is 1. The highest BCUT2D eigenvalue weighted by molar-refractivity contribution is 6.07. The maximum absolute atomic E-state index is 12.6. The molecule has 0 radical (unpaired) electrons. The van der Waals surface area contributed by atoms with Gasteiger partial charge in [0.2, 0.25) is 0 Å². The van der Waals surface area contributed by atoms with E-state index in [-0.39, 0.29) is 5.91 Å². The zero-order valence-electron chi connectivity index (χ0n) is 11.0. The van der Waals surface area contributed by atoms with Gasteiger partial charge in [-0.15, -0.1) is 0 Å². The average molecular weight is 255 g/mol. The van der Waals surface area contributed by atoms with E-state index >= 15 is 0 Å². The first-order chi connectivity index (χ1) is 9.27. The second kappa shape index (κ2) is 4.97. The molecule has 1 aromatic carbocycles. The van der Waals surface area contributed by atoms with Crippen LogP contribution in [-0.2, 0) is 0 Å². The number of piperazine rings is 1. The van der Waals surface area contributed by atoms with Crippen LogP contribution in [0.15, 0.2) is 30.6 Å². The molecule has 1 N–H and O–H groups in total. The SMILES string of the molecule is Cc1cccc2c(C(=O)N3CCNCC3)cncc12. The fourth-order valence-corrected chi connectivity index (χ4v) is 2.55. The van der Waals surface area contributed by atoms with Crippen LogP contribution in [-0.4, -0.2) is 42.0 Å². The number of aromatic nitrogens is 1. The second-order valence-corrected chi connectivity index (χ2v) is 4.90. The molecule has 0 bridgehead atoms. The number of amides is 1. The molecule has 2 heterocycles. The number of aryl methyl sites for hydroxylation is 1. The van der Waals surface area contributed by atoms with Gasteiger partial charge in [-0.05, 0) is 17.9 Å². The van der Waals surface area contributed by atoms with Gasteiger partial charge in [0.25, 0.3) is 5.91 Å². The highest BCUT2D eigenvalue weighted by Gasteiger charge is 2.20. The number of fused-ring (bicyclic) bond motifs is 1. The molecule has 98 valence electrons. The number of hydrogen-bond donors (Lipinski definition) is 1. The van der Waals surface area contributed by atoms with Crippen molar-refractivity contribution in [1.29, 1.82) is 0 Å². The third kappa shape index (κ3) is 2.19. The Balaban J connectivity index is 2.04. The third-order valence-electron chi connectivity index (χ3n) is 3.66. The lowest BCUT2D eigenvalue weighted by Gasteiger charge is -2.27. The lowest BCUT2D eigenvalue weighted by molar-refractivity contribution is 0.0737. The van der Waals surface area contributed by atoms with Crippen molar-refractivity contribution >= 4 is 16.7 Å². The molecule has 1 saturated heterocycles. The van der Waals surface area contributed by atoms with Crippen LogP contribution in [0.4, 0.5) is 0 Å². The van der Waals surface area contributed by atoms with Gasteiger partial charge < -0.3 is 10.2 Å². The standard InChI is InChI=1S/C15H17N3O/c1-11-3-2-4-12-13(11)9-17-10-14(12)15(19)18-7-5-16-6-8-18/h2-4,9-10,16H,5-8H2,1H3. The van der Waals surface area contributed by atoms with Gasteiger partial charge in [0.15, 0.2) is 0 Å². The van der Waals surface area contributed by atoms with Crippen LogP contribution in [0, 0.1) is 6.92 Å². The van der Waals surface area contributed by atoms with Crippen LogP contribution in [0.25, 0.3) is 10.8 Å². The molecule has 1 aromatic heterocycles. The van der Waals surface area contributed by atoms with E-state index in [1.165, 1.54) is 0 Å². The molecule has 19 heavy (non-hydrogen) atoms. The second-order valence-electron chi connectivity index (χ2n) is 4.90. The van der Waals surface area contributed by atoms with Crippen LogP contribution in [0.2, 0.25) is 0 Å². The summed E-state index contributed by atoms with van der Waals surface area (Å²) in [5, 5.41) is 5.32. The van der Waals surface area contributed by atoms with Crippen molar-refractivity contribution in [2.24, 2.45) is 0 Å². The number of carbonyl (C=O) groups excluding carboxylic acids is 1. The van der Waals surface area contributed by atoms with Gasteiger partial charge in [0.05, 0.1) is 5.56 Å². The first kappa shape index (κ1) is 12.1. The normalized spacial score (nSPS) is 15.7. The Morgan fingerprint density at radius 3 is 2.79 bits per heavy atom. The Bertz CT molecular complexity index is 618. The lowest BCUT2D eigenvalue weighted by Crippen LogP contribution is -2.46. The minimum absolute atomic E-state index is 0.0881. The average Bonchev–Trinajstić information content (AvgIpc) is 2.47. The van der Waals surface area contributed by atoms with Crippen molar-refractivity contribution in [2.75, 3.05) is 26.2 Å². The highest BCUT2D eigenvalue weighted by Crippen LogP contribution is 2.22. The summed E-state index contributed by atoms with van der Waals surface area (Å²) in [5.74, 6) is 0.0881. The Labute approximate surface area is 112 Å². The van der Waals surface area contributed by atoms with Crippen molar-refractivity contribution in [2.45, 2.75) is 6.92 Å². The predicted octanol–water partition coefficient (Wildman–Crippen LogP) is 1.59. The molecule has 1 amide bonds. The molecule has 0 spiro atoms. The molecular formula is C15H17N3O. The van der Waals surface area contributed by atoms with E-state index in [0.717, 1.165) is 42.5 Å². The van der Waals surface area contributed by atoms with E-state index in [1.807, 2.05) is 36.2 Å². The van der Waals surface area contributed by atoms with Gasteiger partial charge in [-0.3, -0.25) is 9.78 Å². The number of nitrogens with one attached hydrogen (secondary N) is 1. The van der Waals surface area contributed by atoms with Crippen LogP contribution >= 0.6 is 0 Å². The number of nitrogens with zero attached hydrogens (tertiary/aromatic N) is 2. The molecule has 0 aliphatic carbocycles. The highest BCUT2D eigenvalue weighted by atomic mass is 16.2. The predicted molar refractivity (Wildman–Crippen MR) is 75.3 cm³/mol. The molecule has 0 atom stereocenters. The van der Waals surface area contributed by atoms with Crippen molar-refractivity contribution in [3.8, 4) is 0 Å². The Hall–Kier alpha value is -1.94. The molecule has 3 rings (SSSR count). The van der Waals surface area contributed by atoms with Gasteiger partial charge in [-0.25, -0.2) is 0 Å². The maximum atomic E-state index is 12.6. The van der Waals surface area contributed by atoms with Gasteiger partial charge >= 0.3 is 0 Å². The van der Waals surface area contributed by atoms with Gasteiger partial charge in [-0.1, -0.05) is 18.2 Å². The fraction of sp³-hybridized carbons (Fsp3) is 0.333. The first-order valence-corrected chi connectivity index (χ1v) is 6.61. The smallest absolute Gasteiger partial charge is 0.256 e. The number of benzene rings is 1. The summed E-state index contributed by atoms with van der Waals surface area (Å²) in [6.07, 6.45) is 3.52. The summed E-state index contributed by atoms with van der Waals surface area (Å²) in [4.78, 5) is 18.7. The van der Waals surface area contributed by atoms with Gasteiger partial charge in [-0.2, -0.15) is 0 Å². The van der Waals surface area contributed by atoms with Crippen LogP contribution in [0.1, 0.15) is 15.9 Å². The molecule has 4 nitrogen and oxygen atoms in total. The Kier molecular flexibility index (Phi) is 3.17. The molecule has 0 saturated carbocycles. The van der Waals surface area contributed by atoms with Crippen molar-refractivity contribution < 1.29 is 4.79 Å². The summed E-state index contributed by atoms with van der Waals surface area (Å²) < 4.78 is 0. The maximum Gasteiger partial charge on any atom is 0.256 e. The van der Waals surface area contributed by atoms with E-state index < -0.39 is 0 Å². The number of carbonyl (C=O) groups is 1. The molecule has 1 aliphatic heterocycles. The van der Waals surface area contributed by atoms with Crippen molar-refractivity contribution in [3.63, 3.8) is 0 Å². The molecule has 4 heteroatoms. The summed E-state index contributed by atoms with van der Waals surface area (Å²) in [7, 11) is 0. The molecule has 2 aromatic rings. The van der Waals surface area contributed by atoms with Crippen LogP contribution < -0.4 is 5.32 Å². The molecule has 0 unspecified atom stereocenters. The number of hydrogen-bond acceptors (Lipinski definition) is 3. The van der Waals surface area contributed by atoms with Gasteiger partial charge in [0, 0.05) is 44.0 Å². The van der Waals surface area contributed by atoms with Crippen LogP contribution in [0.3, 0.4) is 0 Å². The zero-order chi connectivity index (χ0) is 13.2. The third-order valence-corrected chi connectivity index (χ3v) is 3.66. The minimum atomic E-state index is 0.0881. The lowest BCUT2D eigenvalue weighted by atomic mass is 10.0. The van der Waals surface area contributed by atoms with E-state index in [1.54, 1.807) is 6.20 Å². The summed E-state index contributed by atoms with van der Waals surface area (Å²) >= 11 is 0. The monoisotopic (exact) mass is 255 g/mol. The van der Waals surface area contributed by atoms with E-state index in [0.29, 0.717) is 5.56 Å². The summed E-state index contributed by atoms with van der Waals surface area (Å²) in [6, 6.07) is 6.04. The Morgan fingerprint density at radius 1 is 1.21 bits per heavy atom. The summed E-state index contributed by atoms with van der Waals surface area (Å²) in [5.41, 5.74) is 1.86. The quantitative estimate of drug-likeness (QED) is 0.841. The first-order valence-electron chi connectivity index (χ1n) is 6.61. The minimum Gasteiger partial charge on any atom is -0.336 e. The largest absolute Gasteiger partial charge is 0.336 e. The Morgan fingerprint density at radius 2 is 2.00 bits per heavy atom. The van der Waals surface area contributed by atoms with Crippen LogP contribution in [0.5, 0.6) is 0 Å². The summed E-state index contributed by atoms with van der Waals surface area (Å²) in [6.45, 7) is 5.30. The topological polar surface area (TPSA) is 45.2 Å². The molecular weight excluding hydrogens is 238 g/mol. The van der Waals surface area contributed by atoms with E-state index in [2.05, 4.69) is 10.3 Å². The van der Waals surface area contributed by atoms with Crippen molar-refractivity contribution in [3.05, 3.63) is 41.7 Å². The zero-order valence-corrected chi connectivity index (χ0v) is 11.0. The molecule has 1 aliphatic rings. The van der Waals surface area contributed by atoms with E-state index in [4.69, 9.17) is 0 Å².